The minimum atomic E-state index is -1.47. The maximum atomic E-state index is 11.0. The first kappa shape index (κ1) is 11.1. The minimum Gasteiger partial charge on any atom is -0.481 e. The lowest BCUT2D eigenvalue weighted by Crippen LogP contribution is -2.31. The number of carbonyl (C=O) groups excluding carboxylic acids is 1. The van der Waals surface area contributed by atoms with Gasteiger partial charge in [0.25, 0.3) is 0 Å². The zero-order valence-electron chi connectivity index (χ0n) is 6.65. The van der Waals surface area contributed by atoms with Crippen LogP contribution < -0.4 is 5.73 Å². The second-order valence-electron chi connectivity index (χ2n) is 2.27. The number of rotatable bonds is 5. The number of primary amides is 1. The number of nitrogens with two attached hydrogens (primary N) is 1. The molecule has 0 rings (SSSR count). The number of carboxylic acid groups (broad SMARTS) is 1. The molecule has 6 heteroatoms. The van der Waals surface area contributed by atoms with Gasteiger partial charge in [0.15, 0.2) is 0 Å². The summed E-state index contributed by atoms with van der Waals surface area (Å²) in [5, 5.41) is 7.46. The van der Waals surface area contributed by atoms with Crippen LogP contribution in [-0.4, -0.2) is 32.2 Å². The van der Waals surface area contributed by atoms with Gasteiger partial charge in [0.1, 0.15) is 5.25 Å². The van der Waals surface area contributed by atoms with Crippen LogP contribution in [0.1, 0.15) is 13.3 Å². The molecule has 0 saturated heterocycles. The Bertz CT molecular complexity index is 216. The normalized spacial score (nSPS) is 15.1. The Labute approximate surface area is 72.4 Å². The molecule has 1 amide bonds. The largest absolute Gasteiger partial charge is 0.481 e. The summed E-state index contributed by atoms with van der Waals surface area (Å²) in [4.78, 5) is 20.5. The molecule has 2 unspecified atom stereocenters. The standard InChI is InChI=1S/C6H11NO4S/c1-4(6(7)10)12(11)3-2-5(8)9/h4H,2-3H2,1H3,(H2,7,10)(H,8,9). The molecule has 3 N–H and O–H groups in total. The zero-order chi connectivity index (χ0) is 9.72. The lowest BCUT2D eigenvalue weighted by Gasteiger charge is -2.04. The molecule has 0 aromatic heterocycles. The summed E-state index contributed by atoms with van der Waals surface area (Å²) in [7, 11) is -1.47. The van der Waals surface area contributed by atoms with Gasteiger partial charge in [-0.1, -0.05) is 0 Å². The third-order valence-corrected chi connectivity index (χ3v) is 2.94. The molecule has 0 saturated carbocycles. The van der Waals surface area contributed by atoms with Crippen molar-refractivity contribution in [2.45, 2.75) is 18.6 Å². The van der Waals surface area contributed by atoms with Crippen molar-refractivity contribution in [3.05, 3.63) is 0 Å². The molecule has 70 valence electrons. The summed E-state index contributed by atoms with van der Waals surface area (Å²) >= 11 is 0. The Kier molecular flexibility index (Phi) is 4.50. The highest BCUT2D eigenvalue weighted by Gasteiger charge is 2.17. The van der Waals surface area contributed by atoms with Crippen molar-refractivity contribution >= 4 is 22.7 Å². The van der Waals surface area contributed by atoms with Gasteiger partial charge in [-0.05, 0) is 6.92 Å². The second kappa shape index (κ2) is 4.87. The van der Waals surface area contributed by atoms with Gasteiger partial charge in [-0.2, -0.15) is 0 Å². The van der Waals surface area contributed by atoms with Gasteiger partial charge < -0.3 is 10.8 Å². The molecule has 12 heavy (non-hydrogen) atoms. The number of hydrogen-bond acceptors (Lipinski definition) is 3. The monoisotopic (exact) mass is 193 g/mol. The van der Waals surface area contributed by atoms with E-state index in [9.17, 15) is 13.8 Å². The number of amides is 1. The Morgan fingerprint density at radius 1 is 1.58 bits per heavy atom. The minimum absolute atomic E-state index is 0.0283. The number of carbonyl (C=O) groups is 2. The van der Waals surface area contributed by atoms with E-state index in [4.69, 9.17) is 10.8 Å². The molecule has 0 radical (unpaired) electrons. The third-order valence-electron chi connectivity index (χ3n) is 1.31. The van der Waals surface area contributed by atoms with Gasteiger partial charge in [0, 0.05) is 16.6 Å². The number of hydrogen-bond donors (Lipinski definition) is 2. The Morgan fingerprint density at radius 3 is 2.42 bits per heavy atom. The van der Waals surface area contributed by atoms with Gasteiger partial charge in [0.2, 0.25) is 5.91 Å². The quantitative estimate of drug-likeness (QED) is 0.590. The summed E-state index contributed by atoms with van der Waals surface area (Å²) in [6.07, 6.45) is -0.204. The highest BCUT2D eigenvalue weighted by Crippen LogP contribution is 1.97. The first-order valence-electron chi connectivity index (χ1n) is 3.33. The summed E-state index contributed by atoms with van der Waals surface area (Å²) in [5.41, 5.74) is 4.86. The van der Waals surface area contributed by atoms with E-state index in [1.54, 1.807) is 0 Å². The van der Waals surface area contributed by atoms with Crippen LogP contribution in [-0.2, 0) is 20.4 Å². The van der Waals surface area contributed by atoms with Crippen LogP contribution in [0.15, 0.2) is 0 Å². The third kappa shape index (κ3) is 4.07. The van der Waals surface area contributed by atoms with E-state index in [2.05, 4.69) is 0 Å². The second-order valence-corrected chi connectivity index (χ2v) is 4.15. The molecule has 0 aromatic carbocycles. The van der Waals surface area contributed by atoms with Crippen LogP contribution >= 0.6 is 0 Å². The van der Waals surface area contributed by atoms with Crippen molar-refractivity contribution in [2.24, 2.45) is 5.73 Å². The van der Waals surface area contributed by atoms with Crippen LogP contribution in [0.25, 0.3) is 0 Å². The predicted molar refractivity (Wildman–Crippen MR) is 43.9 cm³/mol. The van der Waals surface area contributed by atoms with E-state index < -0.39 is 27.9 Å². The molecule has 2 atom stereocenters. The molecular weight excluding hydrogens is 182 g/mol. The summed E-state index contributed by atoms with van der Waals surface area (Å²) in [6.45, 7) is 1.42. The van der Waals surface area contributed by atoms with E-state index in [0.717, 1.165) is 0 Å². The van der Waals surface area contributed by atoms with Crippen LogP contribution in [0, 0.1) is 0 Å². The zero-order valence-corrected chi connectivity index (χ0v) is 7.47. The average Bonchev–Trinajstić information content (AvgIpc) is 1.98. The van der Waals surface area contributed by atoms with Gasteiger partial charge >= 0.3 is 5.97 Å². The molecule has 0 heterocycles. The highest BCUT2D eigenvalue weighted by molar-refractivity contribution is 7.86. The van der Waals surface area contributed by atoms with Gasteiger partial charge in [-0.25, -0.2) is 0 Å². The maximum absolute atomic E-state index is 11.0. The molecule has 0 aromatic rings. The maximum Gasteiger partial charge on any atom is 0.304 e. The number of aliphatic carboxylic acids is 1. The fraction of sp³-hybridized carbons (Fsp3) is 0.667. The molecule has 0 bridgehead atoms. The molecular formula is C6H11NO4S. The predicted octanol–water partition coefficient (Wildman–Crippen LogP) is -0.916. The summed E-state index contributed by atoms with van der Waals surface area (Å²) in [5.74, 6) is -1.72. The van der Waals surface area contributed by atoms with Crippen molar-refractivity contribution in [3.8, 4) is 0 Å². The van der Waals surface area contributed by atoms with Crippen molar-refractivity contribution in [1.82, 2.24) is 0 Å². The molecule has 0 aliphatic rings. The van der Waals surface area contributed by atoms with Gasteiger partial charge in [0.05, 0.1) is 6.42 Å². The lowest BCUT2D eigenvalue weighted by molar-refractivity contribution is -0.136. The molecule has 0 spiro atoms. The topological polar surface area (TPSA) is 97.5 Å². The molecule has 5 nitrogen and oxygen atoms in total. The van der Waals surface area contributed by atoms with Crippen LogP contribution in [0.2, 0.25) is 0 Å². The van der Waals surface area contributed by atoms with E-state index in [-0.39, 0.29) is 12.2 Å². The SMILES string of the molecule is CC(C(N)=O)S(=O)CCC(=O)O. The number of carboxylic acids is 1. The van der Waals surface area contributed by atoms with Crippen LogP contribution in [0.4, 0.5) is 0 Å². The van der Waals surface area contributed by atoms with E-state index in [0.29, 0.717) is 0 Å². The molecule has 0 aliphatic carbocycles. The summed E-state index contributed by atoms with van der Waals surface area (Å²) < 4.78 is 11.0. The van der Waals surface area contributed by atoms with Crippen molar-refractivity contribution < 1.29 is 18.9 Å². The van der Waals surface area contributed by atoms with E-state index in [1.807, 2.05) is 0 Å². The van der Waals surface area contributed by atoms with Crippen molar-refractivity contribution in [3.63, 3.8) is 0 Å². The molecule has 0 aliphatic heterocycles. The fourth-order valence-electron chi connectivity index (χ4n) is 0.494. The smallest absolute Gasteiger partial charge is 0.304 e. The Balaban J connectivity index is 3.88. The summed E-state index contributed by atoms with van der Waals surface area (Å²) in [6, 6.07) is 0. The Hall–Kier alpha value is -0.910. The van der Waals surface area contributed by atoms with Gasteiger partial charge in [-0.3, -0.25) is 13.8 Å². The Morgan fingerprint density at radius 2 is 2.08 bits per heavy atom. The van der Waals surface area contributed by atoms with Gasteiger partial charge in [-0.15, -0.1) is 0 Å². The van der Waals surface area contributed by atoms with Crippen LogP contribution in [0.3, 0.4) is 0 Å². The van der Waals surface area contributed by atoms with E-state index in [1.165, 1.54) is 6.92 Å². The van der Waals surface area contributed by atoms with Crippen LogP contribution in [0.5, 0.6) is 0 Å². The lowest BCUT2D eigenvalue weighted by atomic mass is 10.5. The first-order chi connectivity index (χ1) is 5.45. The highest BCUT2D eigenvalue weighted by atomic mass is 32.2. The fourth-order valence-corrected chi connectivity index (χ4v) is 1.48. The van der Waals surface area contributed by atoms with E-state index >= 15 is 0 Å². The molecule has 0 fully saturated rings. The first-order valence-corrected chi connectivity index (χ1v) is 4.71. The van der Waals surface area contributed by atoms with Crippen molar-refractivity contribution in [2.75, 3.05) is 5.75 Å². The average molecular weight is 193 g/mol. The van der Waals surface area contributed by atoms with Crippen molar-refractivity contribution in [1.29, 1.82) is 0 Å².